The molecule has 2 aromatic rings. The number of nitrogens with two attached hydrogens (primary N) is 1. The van der Waals surface area contributed by atoms with Crippen LogP contribution in [0, 0.1) is 0 Å². The average molecular weight is 247 g/mol. The molecule has 0 aliphatic heterocycles. The van der Waals surface area contributed by atoms with Crippen LogP contribution in [0.5, 0.6) is 5.75 Å². The van der Waals surface area contributed by atoms with Crippen molar-refractivity contribution in [1.82, 2.24) is 10.2 Å². The number of rotatable bonds is 5. The number of benzene rings is 1. The molecule has 5 nitrogen and oxygen atoms in total. The van der Waals surface area contributed by atoms with Gasteiger partial charge in [0.15, 0.2) is 6.61 Å². The van der Waals surface area contributed by atoms with Crippen molar-refractivity contribution in [2.75, 3.05) is 0 Å². The zero-order chi connectivity index (χ0) is 13.0. The molecule has 96 valence electrons. The van der Waals surface area contributed by atoms with E-state index in [4.69, 9.17) is 14.9 Å². The van der Waals surface area contributed by atoms with Crippen LogP contribution in [0.4, 0.5) is 0 Å². The first-order chi connectivity index (χ1) is 8.69. The van der Waals surface area contributed by atoms with E-state index in [2.05, 4.69) is 10.2 Å². The second-order valence-electron chi connectivity index (χ2n) is 4.09. The second kappa shape index (κ2) is 5.64. The van der Waals surface area contributed by atoms with Crippen molar-refractivity contribution >= 4 is 0 Å². The van der Waals surface area contributed by atoms with Crippen LogP contribution in [0.25, 0.3) is 0 Å². The highest BCUT2D eigenvalue weighted by Gasteiger charge is 2.06. The van der Waals surface area contributed by atoms with Crippen LogP contribution in [0.15, 0.2) is 28.7 Å². The third-order valence-corrected chi connectivity index (χ3v) is 2.56. The number of hydrogen-bond acceptors (Lipinski definition) is 5. The molecule has 1 heterocycles. The van der Waals surface area contributed by atoms with Gasteiger partial charge in [-0.2, -0.15) is 0 Å². The van der Waals surface area contributed by atoms with Gasteiger partial charge in [0, 0.05) is 12.5 Å². The molecule has 18 heavy (non-hydrogen) atoms. The van der Waals surface area contributed by atoms with Crippen molar-refractivity contribution in [1.29, 1.82) is 0 Å². The van der Waals surface area contributed by atoms with Crippen LogP contribution in [-0.2, 0) is 13.0 Å². The largest absolute Gasteiger partial charge is 0.484 e. The lowest BCUT2D eigenvalue weighted by atomic mass is 10.1. The minimum atomic E-state index is -0.0105. The Labute approximate surface area is 106 Å². The number of hydrogen-bond donors (Lipinski definition) is 1. The Morgan fingerprint density at radius 2 is 2.11 bits per heavy atom. The van der Waals surface area contributed by atoms with Gasteiger partial charge in [-0.25, -0.2) is 0 Å². The van der Waals surface area contributed by atoms with Gasteiger partial charge >= 0.3 is 0 Å². The minimum absolute atomic E-state index is 0.0105. The Bertz CT molecular complexity index is 508. The van der Waals surface area contributed by atoms with E-state index >= 15 is 0 Å². The second-order valence-corrected chi connectivity index (χ2v) is 4.09. The van der Waals surface area contributed by atoms with Gasteiger partial charge in [-0.1, -0.05) is 19.1 Å². The molecular weight excluding hydrogens is 230 g/mol. The van der Waals surface area contributed by atoms with Crippen molar-refractivity contribution < 1.29 is 9.15 Å². The van der Waals surface area contributed by atoms with E-state index in [0.29, 0.717) is 11.8 Å². The van der Waals surface area contributed by atoms with Gasteiger partial charge in [0.05, 0.1) is 0 Å². The quantitative estimate of drug-likeness (QED) is 0.877. The molecular formula is C13H17N3O2. The summed E-state index contributed by atoms with van der Waals surface area (Å²) in [5.74, 6) is 1.86. The van der Waals surface area contributed by atoms with E-state index in [1.807, 2.05) is 38.1 Å². The molecule has 0 fully saturated rings. The van der Waals surface area contributed by atoms with Gasteiger partial charge in [0.25, 0.3) is 5.89 Å². The van der Waals surface area contributed by atoms with Crippen LogP contribution in [0.1, 0.15) is 37.2 Å². The zero-order valence-electron chi connectivity index (χ0n) is 10.6. The summed E-state index contributed by atoms with van der Waals surface area (Å²) in [5.41, 5.74) is 6.85. The van der Waals surface area contributed by atoms with Gasteiger partial charge in [0.2, 0.25) is 5.89 Å². The highest BCUT2D eigenvalue weighted by Crippen LogP contribution is 2.18. The van der Waals surface area contributed by atoms with E-state index in [-0.39, 0.29) is 12.6 Å². The Morgan fingerprint density at radius 1 is 1.33 bits per heavy atom. The molecule has 0 saturated heterocycles. The fourth-order valence-electron chi connectivity index (χ4n) is 1.52. The zero-order valence-corrected chi connectivity index (χ0v) is 10.6. The van der Waals surface area contributed by atoms with Crippen LogP contribution in [0.3, 0.4) is 0 Å². The fraction of sp³-hybridized carbons (Fsp3) is 0.385. The lowest BCUT2D eigenvalue weighted by Gasteiger charge is -2.08. The molecule has 0 aliphatic carbocycles. The van der Waals surface area contributed by atoms with Crippen LogP contribution in [0.2, 0.25) is 0 Å². The normalized spacial score (nSPS) is 12.4. The standard InChI is InChI=1S/C13H17N3O2/c1-3-12-15-16-13(18-12)8-17-11-6-4-5-10(7-11)9(2)14/h4-7,9H,3,8,14H2,1-2H3. The highest BCUT2D eigenvalue weighted by molar-refractivity contribution is 5.30. The number of nitrogens with zero attached hydrogens (tertiary/aromatic N) is 2. The molecule has 0 bridgehead atoms. The van der Waals surface area contributed by atoms with E-state index in [9.17, 15) is 0 Å². The summed E-state index contributed by atoms with van der Waals surface area (Å²) in [4.78, 5) is 0. The molecule has 0 amide bonds. The molecule has 0 spiro atoms. The number of ether oxygens (including phenoxy) is 1. The Hall–Kier alpha value is -1.88. The highest BCUT2D eigenvalue weighted by atomic mass is 16.5. The van der Waals surface area contributed by atoms with Gasteiger partial charge in [-0.05, 0) is 24.6 Å². The van der Waals surface area contributed by atoms with E-state index in [0.717, 1.165) is 17.7 Å². The average Bonchev–Trinajstić information content (AvgIpc) is 2.84. The summed E-state index contributed by atoms with van der Waals surface area (Å²) in [6.07, 6.45) is 0.729. The first kappa shape index (κ1) is 12.6. The number of aryl methyl sites for hydroxylation is 1. The third-order valence-electron chi connectivity index (χ3n) is 2.56. The molecule has 0 aliphatic rings. The maximum absolute atomic E-state index is 5.81. The van der Waals surface area contributed by atoms with E-state index in [1.54, 1.807) is 0 Å². The fourth-order valence-corrected chi connectivity index (χ4v) is 1.52. The van der Waals surface area contributed by atoms with Crippen molar-refractivity contribution in [2.24, 2.45) is 5.73 Å². The van der Waals surface area contributed by atoms with E-state index < -0.39 is 0 Å². The predicted octanol–water partition coefficient (Wildman–Crippen LogP) is 2.23. The van der Waals surface area contributed by atoms with Crippen LogP contribution < -0.4 is 10.5 Å². The molecule has 2 N–H and O–H groups in total. The SMILES string of the molecule is CCc1nnc(COc2cccc(C(C)N)c2)o1. The minimum Gasteiger partial charge on any atom is -0.484 e. The van der Waals surface area contributed by atoms with Crippen molar-refractivity contribution in [3.63, 3.8) is 0 Å². The molecule has 5 heteroatoms. The van der Waals surface area contributed by atoms with Crippen molar-refractivity contribution in [2.45, 2.75) is 32.9 Å². The smallest absolute Gasteiger partial charge is 0.253 e. The maximum Gasteiger partial charge on any atom is 0.253 e. The first-order valence-electron chi connectivity index (χ1n) is 5.98. The topological polar surface area (TPSA) is 74.2 Å². The van der Waals surface area contributed by atoms with Crippen LogP contribution >= 0.6 is 0 Å². The monoisotopic (exact) mass is 247 g/mol. The Balaban J connectivity index is 1.99. The molecule has 1 aromatic carbocycles. The Morgan fingerprint density at radius 3 is 2.78 bits per heavy atom. The summed E-state index contributed by atoms with van der Waals surface area (Å²) in [6, 6.07) is 7.67. The third kappa shape index (κ3) is 3.07. The van der Waals surface area contributed by atoms with Gasteiger partial charge in [-0.3, -0.25) is 0 Å². The summed E-state index contributed by atoms with van der Waals surface area (Å²) >= 11 is 0. The first-order valence-corrected chi connectivity index (χ1v) is 5.98. The van der Waals surface area contributed by atoms with Gasteiger partial charge in [0.1, 0.15) is 5.75 Å². The van der Waals surface area contributed by atoms with Gasteiger partial charge < -0.3 is 14.9 Å². The Kier molecular flexibility index (Phi) is 3.94. The summed E-state index contributed by atoms with van der Waals surface area (Å²) in [7, 11) is 0. The predicted molar refractivity (Wildman–Crippen MR) is 67.1 cm³/mol. The molecule has 0 radical (unpaired) electrons. The van der Waals surface area contributed by atoms with Crippen molar-refractivity contribution in [3.05, 3.63) is 41.6 Å². The molecule has 2 rings (SSSR count). The van der Waals surface area contributed by atoms with Crippen LogP contribution in [-0.4, -0.2) is 10.2 Å². The van der Waals surface area contributed by atoms with Gasteiger partial charge in [-0.15, -0.1) is 10.2 Å². The lowest BCUT2D eigenvalue weighted by molar-refractivity contribution is 0.259. The molecule has 1 unspecified atom stereocenters. The molecule has 1 atom stereocenters. The van der Waals surface area contributed by atoms with E-state index in [1.165, 1.54) is 0 Å². The summed E-state index contributed by atoms with van der Waals surface area (Å²) in [6.45, 7) is 4.17. The number of aromatic nitrogens is 2. The summed E-state index contributed by atoms with van der Waals surface area (Å²) in [5, 5.41) is 7.77. The molecule has 0 saturated carbocycles. The maximum atomic E-state index is 5.81. The summed E-state index contributed by atoms with van der Waals surface area (Å²) < 4.78 is 10.9. The molecule has 1 aromatic heterocycles. The van der Waals surface area contributed by atoms with Crippen molar-refractivity contribution in [3.8, 4) is 5.75 Å². The lowest BCUT2D eigenvalue weighted by Crippen LogP contribution is -2.05.